The molecule has 2 rings (SSSR count). The van der Waals surface area contributed by atoms with Crippen LogP contribution >= 0.6 is 23.1 Å². The molecular weight excluding hydrogens is 257 g/mol. The summed E-state index contributed by atoms with van der Waals surface area (Å²) in [6, 6.07) is 5.13. The van der Waals surface area contributed by atoms with Gasteiger partial charge in [-0.1, -0.05) is 42.2 Å². The molecule has 0 fully saturated rings. The van der Waals surface area contributed by atoms with E-state index in [0.717, 1.165) is 16.4 Å². The molecule has 0 saturated carbocycles. The average Bonchev–Trinajstić information content (AvgIpc) is 2.83. The lowest BCUT2D eigenvalue weighted by Crippen LogP contribution is -2.12. The fourth-order valence-corrected chi connectivity index (χ4v) is 2.91. The van der Waals surface area contributed by atoms with Crippen LogP contribution in [0.25, 0.3) is 0 Å². The Bertz CT molecular complexity index is 474. The van der Waals surface area contributed by atoms with Gasteiger partial charge in [0.05, 0.1) is 4.90 Å². The largest absolute Gasteiger partial charge is 0.313 e. The lowest BCUT2D eigenvalue weighted by atomic mass is 10.2. The van der Waals surface area contributed by atoms with Crippen molar-refractivity contribution in [2.75, 3.05) is 6.54 Å². The first kappa shape index (κ1) is 12.5. The number of nitrogens with one attached hydrogen (secondary N) is 1. The molecule has 0 saturated heterocycles. The molecule has 1 aromatic carbocycles. The Kier molecular flexibility index (Phi) is 4.47. The first-order chi connectivity index (χ1) is 8.31. The van der Waals surface area contributed by atoms with Crippen LogP contribution < -0.4 is 5.32 Å². The standard InChI is InChI=1S/C11H12FN3S2/c1-2-13-6-8-4-3-5-9(12)10(8)17-11-15-14-7-16-11/h3-5,7,13H,2,6H2,1H3. The van der Waals surface area contributed by atoms with Gasteiger partial charge in [0.1, 0.15) is 11.3 Å². The summed E-state index contributed by atoms with van der Waals surface area (Å²) >= 11 is 2.74. The molecule has 17 heavy (non-hydrogen) atoms. The molecule has 0 spiro atoms. The zero-order valence-corrected chi connectivity index (χ0v) is 10.9. The Morgan fingerprint density at radius 1 is 1.47 bits per heavy atom. The van der Waals surface area contributed by atoms with Crippen molar-refractivity contribution in [2.45, 2.75) is 22.7 Å². The lowest BCUT2D eigenvalue weighted by Gasteiger charge is -2.08. The second-order valence-corrected chi connectivity index (χ2v) is 5.41. The smallest absolute Gasteiger partial charge is 0.178 e. The van der Waals surface area contributed by atoms with Crippen molar-refractivity contribution < 1.29 is 4.39 Å². The van der Waals surface area contributed by atoms with E-state index < -0.39 is 0 Å². The molecule has 3 nitrogen and oxygen atoms in total. The second-order valence-electron chi connectivity index (χ2n) is 3.32. The van der Waals surface area contributed by atoms with E-state index in [1.165, 1.54) is 29.2 Å². The van der Waals surface area contributed by atoms with Crippen LogP contribution in [0.2, 0.25) is 0 Å². The number of rotatable bonds is 5. The summed E-state index contributed by atoms with van der Waals surface area (Å²) in [4.78, 5) is 0.630. The summed E-state index contributed by atoms with van der Waals surface area (Å²) in [6.45, 7) is 3.55. The van der Waals surface area contributed by atoms with Gasteiger partial charge >= 0.3 is 0 Å². The van der Waals surface area contributed by atoms with Crippen molar-refractivity contribution in [3.63, 3.8) is 0 Å². The van der Waals surface area contributed by atoms with Crippen molar-refractivity contribution in [1.29, 1.82) is 0 Å². The van der Waals surface area contributed by atoms with E-state index in [0.29, 0.717) is 11.4 Å². The number of aromatic nitrogens is 2. The minimum absolute atomic E-state index is 0.208. The topological polar surface area (TPSA) is 37.8 Å². The maximum atomic E-state index is 13.8. The summed E-state index contributed by atoms with van der Waals surface area (Å²) in [5.74, 6) is -0.208. The normalized spacial score (nSPS) is 10.7. The monoisotopic (exact) mass is 269 g/mol. The highest BCUT2D eigenvalue weighted by molar-refractivity contribution is 8.01. The Balaban J connectivity index is 2.24. The van der Waals surface area contributed by atoms with Crippen LogP contribution in [-0.4, -0.2) is 16.7 Å². The second kappa shape index (κ2) is 6.09. The minimum Gasteiger partial charge on any atom is -0.313 e. The van der Waals surface area contributed by atoms with E-state index in [9.17, 15) is 4.39 Å². The van der Waals surface area contributed by atoms with Crippen molar-refractivity contribution in [3.8, 4) is 0 Å². The molecule has 1 N–H and O–H groups in total. The molecule has 90 valence electrons. The first-order valence-corrected chi connectivity index (χ1v) is 6.93. The fourth-order valence-electron chi connectivity index (χ4n) is 1.36. The lowest BCUT2D eigenvalue weighted by molar-refractivity contribution is 0.591. The minimum atomic E-state index is -0.208. The van der Waals surface area contributed by atoms with Crippen molar-refractivity contribution in [2.24, 2.45) is 0 Å². The van der Waals surface area contributed by atoms with Crippen LogP contribution in [0.15, 0.2) is 32.9 Å². The molecule has 1 aromatic heterocycles. The van der Waals surface area contributed by atoms with Crippen LogP contribution in [0.1, 0.15) is 12.5 Å². The van der Waals surface area contributed by atoms with Gasteiger partial charge in [-0.15, -0.1) is 10.2 Å². The van der Waals surface area contributed by atoms with E-state index >= 15 is 0 Å². The molecule has 0 aliphatic rings. The van der Waals surface area contributed by atoms with E-state index in [1.54, 1.807) is 11.6 Å². The fraction of sp³-hybridized carbons (Fsp3) is 0.273. The summed E-state index contributed by atoms with van der Waals surface area (Å²) in [5, 5.41) is 10.9. The van der Waals surface area contributed by atoms with Gasteiger partial charge in [-0.25, -0.2) is 4.39 Å². The zero-order valence-electron chi connectivity index (χ0n) is 9.31. The third-order valence-corrected chi connectivity index (χ3v) is 4.08. The summed E-state index contributed by atoms with van der Waals surface area (Å²) in [6.07, 6.45) is 0. The van der Waals surface area contributed by atoms with Crippen molar-refractivity contribution in [3.05, 3.63) is 35.1 Å². The summed E-state index contributed by atoms with van der Waals surface area (Å²) < 4.78 is 14.5. The highest BCUT2D eigenvalue weighted by atomic mass is 32.2. The highest BCUT2D eigenvalue weighted by Crippen LogP contribution is 2.33. The molecular formula is C11H12FN3S2. The van der Waals surface area contributed by atoms with E-state index in [2.05, 4.69) is 15.5 Å². The first-order valence-electron chi connectivity index (χ1n) is 5.23. The van der Waals surface area contributed by atoms with Crippen molar-refractivity contribution in [1.82, 2.24) is 15.5 Å². The number of halogens is 1. The quantitative estimate of drug-likeness (QED) is 0.905. The number of hydrogen-bond donors (Lipinski definition) is 1. The molecule has 0 aliphatic carbocycles. The van der Waals surface area contributed by atoms with Gasteiger partial charge in [0.2, 0.25) is 0 Å². The maximum Gasteiger partial charge on any atom is 0.178 e. The Hall–Kier alpha value is -0.980. The average molecular weight is 269 g/mol. The van der Waals surface area contributed by atoms with Gasteiger partial charge in [-0.05, 0) is 18.2 Å². The molecule has 1 heterocycles. The molecule has 0 bridgehead atoms. The maximum absolute atomic E-state index is 13.8. The molecule has 0 amide bonds. The SMILES string of the molecule is CCNCc1cccc(F)c1Sc1nncs1. The molecule has 0 aliphatic heterocycles. The predicted octanol–water partition coefficient (Wildman–Crippen LogP) is 2.94. The van der Waals surface area contributed by atoms with E-state index in [-0.39, 0.29) is 5.82 Å². The predicted molar refractivity (Wildman–Crippen MR) is 67.8 cm³/mol. The van der Waals surface area contributed by atoms with E-state index in [1.807, 2.05) is 13.0 Å². The number of nitrogens with zero attached hydrogens (tertiary/aromatic N) is 2. The molecule has 0 radical (unpaired) electrons. The number of benzene rings is 1. The van der Waals surface area contributed by atoms with Gasteiger partial charge < -0.3 is 5.32 Å². The van der Waals surface area contributed by atoms with E-state index in [4.69, 9.17) is 0 Å². The highest BCUT2D eigenvalue weighted by Gasteiger charge is 2.11. The molecule has 6 heteroatoms. The Labute approximate surface area is 107 Å². The van der Waals surface area contributed by atoms with Gasteiger partial charge in [0, 0.05) is 6.54 Å². The van der Waals surface area contributed by atoms with Gasteiger partial charge in [0.25, 0.3) is 0 Å². The Morgan fingerprint density at radius 2 is 2.35 bits per heavy atom. The Morgan fingerprint density at radius 3 is 3.06 bits per heavy atom. The molecule has 0 atom stereocenters. The van der Waals surface area contributed by atoms with Gasteiger partial charge in [0.15, 0.2) is 4.34 Å². The summed E-state index contributed by atoms with van der Waals surface area (Å²) in [7, 11) is 0. The van der Waals surface area contributed by atoms with Crippen molar-refractivity contribution >= 4 is 23.1 Å². The van der Waals surface area contributed by atoms with Gasteiger partial charge in [-0.2, -0.15) is 0 Å². The molecule has 2 aromatic rings. The van der Waals surface area contributed by atoms with Crippen LogP contribution in [-0.2, 0) is 6.54 Å². The zero-order chi connectivity index (χ0) is 12.1. The summed E-state index contributed by atoms with van der Waals surface area (Å²) in [5.41, 5.74) is 2.60. The van der Waals surface area contributed by atoms with Gasteiger partial charge in [-0.3, -0.25) is 0 Å². The molecule has 0 unspecified atom stereocenters. The third kappa shape index (κ3) is 3.24. The van der Waals surface area contributed by atoms with Crippen LogP contribution in [0.5, 0.6) is 0 Å². The van der Waals surface area contributed by atoms with Crippen LogP contribution in [0, 0.1) is 5.82 Å². The van der Waals surface area contributed by atoms with Crippen LogP contribution in [0.4, 0.5) is 4.39 Å². The number of hydrogen-bond acceptors (Lipinski definition) is 5. The third-order valence-electron chi connectivity index (χ3n) is 2.14. The van der Waals surface area contributed by atoms with Crippen LogP contribution in [0.3, 0.4) is 0 Å².